The zero-order chi connectivity index (χ0) is 15.0. The van der Waals surface area contributed by atoms with E-state index in [1.54, 1.807) is 12.1 Å². The number of urea groups is 1. The fourth-order valence-electron chi connectivity index (χ4n) is 1.60. The molecule has 110 valence electrons. The van der Waals surface area contributed by atoms with Crippen LogP contribution >= 0.6 is 0 Å². The van der Waals surface area contributed by atoms with Gasteiger partial charge in [-0.3, -0.25) is 4.79 Å². The molecule has 0 aliphatic carbocycles. The van der Waals surface area contributed by atoms with Gasteiger partial charge in [0.05, 0.1) is 13.5 Å². The molecule has 0 saturated carbocycles. The maximum Gasteiger partial charge on any atom is 0.315 e. The fourth-order valence-corrected chi connectivity index (χ4v) is 1.60. The molecule has 0 aliphatic heterocycles. The highest BCUT2D eigenvalue weighted by Crippen LogP contribution is 2.02. The minimum Gasteiger partial charge on any atom is -0.469 e. The van der Waals surface area contributed by atoms with Crippen LogP contribution in [0.1, 0.15) is 25.3 Å². The zero-order valence-electron chi connectivity index (χ0n) is 11.6. The molecular weight excluding hydrogens is 263 g/mol. The van der Waals surface area contributed by atoms with Gasteiger partial charge in [0.25, 0.3) is 0 Å². The number of hydrogen-bond donors (Lipinski definition) is 2. The van der Waals surface area contributed by atoms with Gasteiger partial charge < -0.3 is 15.4 Å². The predicted molar refractivity (Wildman–Crippen MR) is 72.5 cm³/mol. The highest BCUT2D eigenvalue weighted by Gasteiger charge is 2.14. The number of nitrogens with one attached hydrogen (secondary N) is 2. The molecule has 1 atom stereocenters. The highest BCUT2D eigenvalue weighted by molar-refractivity contribution is 5.76. The number of carbonyl (C=O) groups excluding carboxylic acids is 2. The van der Waals surface area contributed by atoms with Crippen LogP contribution in [0.4, 0.5) is 9.18 Å². The minimum atomic E-state index is -0.370. The van der Waals surface area contributed by atoms with Crippen molar-refractivity contribution in [2.24, 2.45) is 0 Å². The summed E-state index contributed by atoms with van der Waals surface area (Å²) in [6.45, 7) is 2.16. The number of benzene rings is 1. The van der Waals surface area contributed by atoms with Crippen molar-refractivity contribution in [2.45, 2.75) is 32.4 Å². The lowest BCUT2D eigenvalue weighted by Gasteiger charge is -2.16. The third-order valence-electron chi connectivity index (χ3n) is 2.84. The summed E-state index contributed by atoms with van der Waals surface area (Å²) in [4.78, 5) is 22.8. The van der Waals surface area contributed by atoms with E-state index >= 15 is 0 Å². The van der Waals surface area contributed by atoms with E-state index in [1.165, 1.54) is 19.2 Å². The summed E-state index contributed by atoms with van der Waals surface area (Å²) in [5.41, 5.74) is 0.794. The largest absolute Gasteiger partial charge is 0.469 e. The lowest BCUT2D eigenvalue weighted by atomic mass is 10.1. The van der Waals surface area contributed by atoms with Crippen LogP contribution in [0, 0.1) is 5.82 Å². The summed E-state index contributed by atoms with van der Waals surface area (Å²) in [5.74, 6) is -0.682. The number of hydrogen-bond acceptors (Lipinski definition) is 3. The number of methoxy groups -OCH3 is 1. The van der Waals surface area contributed by atoms with Crippen LogP contribution in [0.2, 0.25) is 0 Å². The van der Waals surface area contributed by atoms with Gasteiger partial charge in [-0.1, -0.05) is 19.1 Å². The van der Waals surface area contributed by atoms with Gasteiger partial charge in [0, 0.05) is 12.6 Å². The molecule has 0 radical (unpaired) electrons. The molecule has 2 N–H and O–H groups in total. The van der Waals surface area contributed by atoms with Crippen molar-refractivity contribution in [2.75, 3.05) is 7.11 Å². The van der Waals surface area contributed by atoms with E-state index in [0.29, 0.717) is 13.0 Å². The Balaban J connectivity index is 2.38. The first-order valence-electron chi connectivity index (χ1n) is 6.40. The van der Waals surface area contributed by atoms with Gasteiger partial charge in [-0.15, -0.1) is 0 Å². The molecule has 0 spiro atoms. The highest BCUT2D eigenvalue weighted by atomic mass is 19.1. The number of esters is 1. The molecule has 0 aromatic heterocycles. The summed E-state index contributed by atoms with van der Waals surface area (Å²) < 4.78 is 17.3. The molecular formula is C14H19FN2O3. The molecule has 6 heteroatoms. The van der Waals surface area contributed by atoms with Crippen molar-refractivity contribution >= 4 is 12.0 Å². The van der Waals surface area contributed by atoms with E-state index in [0.717, 1.165) is 5.56 Å². The Morgan fingerprint density at radius 2 is 1.95 bits per heavy atom. The van der Waals surface area contributed by atoms with Crippen LogP contribution in [-0.2, 0) is 16.1 Å². The molecule has 5 nitrogen and oxygen atoms in total. The van der Waals surface area contributed by atoms with Crippen molar-refractivity contribution in [3.8, 4) is 0 Å². The van der Waals surface area contributed by atoms with Crippen LogP contribution < -0.4 is 10.6 Å². The first kappa shape index (κ1) is 15.9. The second-order valence-corrected chi connectivity index (χ2v) is 4.34. The molecule has 0 saturated heterocycles. The first-order valence-corrected chi connectivity index (χ1v) is 6.40. The number of amides is 2. The summed E-state index contributed by atoms with van der Waals surface area (Å²) >= 11 is 0. The number of ether oxygens (including phenoxy) is 1. The molecule has 1 rings (SSSR count). The normalized spacial score (nSPS) is 11.6. The fraction of sp³-hybridized carbons (Fsp3) is 0.429. The second kappa shape index (κ2) is 8.14. The smallest absolute Gasteiger partial charge is 0.315 e. The van der Waals surface area contributed by atoms with Crippen molar-refractivity contribution in [1.82, 2.24) is 10.6 Å². The van der Waals surface area contributed by atoms with Crippen LogP contribution in [0.15, 0.2) is 24.3 Å². The van der Waals surface area contributed by atoms with Crippen LogP contribution in [-0.4, -0.2) is 25.2 Å². The lowest BCUT2D eigenvalue weighted by Crippen LogP contribution is -2.42. The summed E-state index contributed by atoms with van der Waals surface area (Å²) in [6.07, 6.45) is 0.760. The zero-order valence-corrected chi connectivity index (χ0v) is 11.6. The van der Waals surface area contributed by atoms with E-state index in [2.05, 4.69) is 15.4 Å². The number of rotatable bonds is 6. The third-order valence-corrected chi connectivity index (χ3v) is 2.84. The molecule has 0 bridgehead atoms. The Kier molecular flexibility index (Phi) is 6.49. The molecule has 0 fully saturated rings. The Hall–Kier alpha value is -2.11. The van der Waals surface area contributed by atoms with Gasteiger partial charge in [0.2, 0.25) is 0 Å². The van der Waals surface area contributed by atoms with E-state index < -0.39 is 0 Å². The van der Waals surface area contributed by atoms with Gasteiger partial charge in [-0.25, -0.2) is 9.18 Å². The lowest BCUT2D eigenvalue weighted by molar-refractivity contribution is -0.141. The first-order chi connectivity index (χ1) is 9.55. The van der Waals surface area contributed by atoms with Crippen LogP contribution in [0.25, 0.3) is 0 Å². The maximum atomic E-state index is 12.7. The summed E-state index contributed by atoms with van der Waals surface area (Å²) in [5, 5.41) is 5.34. The number of halogens is 1. The molecule has 1 aromatic carbocycles. The topological polar surface area (TPSA) is 67.4 Å². The van der Waals surface area contributed by atoms with Crippen LogP contribution in [0.3, 0.4) is 0 Å². The van der Waals surface area contributed by atoms with Gasteiger partial charge in [0.15, 0.2) is 0 Å². The molecule has 0 heterocycles. The quantitative estimate of drug-likeness (QED) is 0.784. The second-order valence-electron chi connectivity index (χ2n) is 4.34. The number of carbonyl (C=O) groups is 2. The Bertz CT molecular complexity index is 448. The van der Waals surface area contributed by atoms with Gasteiger partial charge in [-0.2, -0.15) is 0 Å². The minimum absolute atomic E-state index is 0.136. The van der Waals surface area contributed by atoms with Crippen molar-refractivity contribution in [3.05, 3.63) is 35.6 Å². The average Bonchev–Trinajstić information content (AvgIpc) is 2.45. The van der Waals surface area contributed by atoms with Crippen molar-refractivity contribution in [1.29, 1.82) is 0 Å². The van der Waals surface area contributed by atoms with E-state index in [9.17, 15) is 14.0 Å². The molecule has 1 aromatic rings. The average molecular weight is 282 g/mol. The van der Waals surface area contributed by atoms with E-state index in [-0.39, 0.29) is 30.3 Å². The van der Waals surface area contributed by atoms with E-state index in [4.69, 9.17) is 0 Å². The molecule has 2 amide bonds. The standard InChI is InChI=1S/C14H19FN2O3/c1-3-12(8-13(18)20-2)17-14(19)16-9-10-4-6-11(15)7-5-10/h4-7,12H,3,8-9H2,1-2H3,(H2,16,17,19). The SMILES string of the molecule is CCC(CC(=O)OC)NC(=O)NCc1ccc(F)cc1. The summed E-state index contributed by atoms with van der Waals surface area (Å²) in [6, 6.07) is 5.23. The predicted octanol–water partition coefficient (Wildman–Crippen LogP) is 1.97. The van der Waals surface area contributed by atoms with Gasteiger partial charge in [-0.05, 0) is 24.1 Å². The monoisotopic (exact) mass is 282 g/mol. The van der Waals surface area contributed by atoms with Crippen molar-refractivity contribution < 1.29 is 18.7 Å². The Morgan fingerprint density at radius 1 is 1.30 bits per heavy atom. The Labute approximate surface area is 117 Å². The van der Waals surface area contributed by atoms with Gasteiger partial charge in [0.1, 0.15) is 5.82 Å². The van der Waals surface area contributed by atoms with E-state index in [1.807, 2.05) is 6.92 Å². The maximum absolute atomic E-state index is 12.7. The van der Waals surface area contributed by atoms with Crippen LogP contribution in [0.5, 0.6) is 0 Å². The molecule has 0 aliphatic rings. The van der Waals surface area contributed by atoms with Gasteiger partial charge >= 0.3 is 12.0 Å². The molecule has 20 heavy (non-hydrogen) atoms. The van der Waals surface area contributed by atoms with Crippen molar-refractivity contribution in [3.63, 3.8) is 0 Å². The molecule has 1 unspecified atom stereocenters. The third kappa shape index (κ3) is 5.69. The Morgan fingerprint density at radius 3 is 2.50 bits per heavy atom. The summed E-state index contributed by atoms with van der Waals surface area (Å²) in [7, 11) is 1.31.